The number of hydrogen-bond donors (Lipinski definition) is 0. The summed E-state index contributed by atoms with van der Waals surface area (Å²) in [5.74, 6) is 0.477. The lowest BCUT2D eigenvalue weighted by atomic mass is 10.1. The van der Waals surface area contributed by atoms with Crippen molar-refractivity contribution >= 4 is 33.8 Å². The van der Waals surface area contributed by atoms with Gasteiger partial charge in [-0.25, -0.2) is 4.98 Å². The van der Waals surface area contributed by atoms with Crippen LogP contribution in [0.15, 0.2) is 35.8 Å². The largest absolute Gasteiger partial charge is 0.348 e. The van der Waals surface area contributed by atoms with Crippen molar-refractivity contribution in [3.05, 3.63) is 41.5 Å². The number of thiazole rings is 1. The second-order valence-corrected chi connectivity index (χ2v) is 5.28. The second kappa shape index (κ2) is 4.75. The minimum Gasteiger partial charge on any atom is -0.348 e. The molecule has 92 valence electrons. The van der Waals surface area contributed by atoms with E-state index in [-0.39, 0.29) is 0 Å². The minimum atomic E-state index is 0.477. The maximum absolute atomic E-state index is 5.79. The minimum absolute atomic E-state index is 0.477. The Morgan fingerprint density at radius 3 is 2.94 bits per heavy atom. The monoisotopic (exact) mass is 276 g/mol. The molecule has 0 fully saturated rings. The molecule has 2 aromatic heterocycles. The maximum atomic E-state index is 5.79. The van der Waals surface area contributed by atoms with Gasteiger partial charge in [-0.2, -0.15) is 0 Å². The van der Waals surface area contributed by atoms with Crippen LogP contribution in [-0.2, 0) is 12.4 Å². The van der Waals surface area contributed by atoms with E-state index in [4.69, 9.17) is 11.6 Å². The number of benzene rings is 1. The van der Waals surface area contributed by atoms with Crippen molar-refractivity contribution in [3.63, 3.8) is 0 Å². The Morgan fingerprint density at radius 2 is 2.22 bits per heavy atom. The van der Waals surface area contributed by atoms with Crippen LogP contribution < -0.4 is 0 Å². The molecule has 1 aromatic carbocycles. The summed E-state index contributed by atoms with van der Waals surface area (Å²) in [4.78, 5) is 4.51. The normalized spacial score (nSPS) is 11.2. The zero-order valence-electron chi connectivity index (χ0n) is 10.1. The van der Waals surface area contributed by atoms with Gasteiger partial charge in [0.2, 0.25) is 0 Å². The number of nitrogens with zero attached hydrogens (tertiary/aromatic N) is 2. The molecule has 4 heteroatoms. The lowest BCUT2D eigenvalue weighted by molar-refractivity contribution is 0.798. The summed E-state index contributed by atoms with van der Waals surface area (Å²) in [6.07, 6.45) is 2.13. The number of fused-ring (bicyclic) bond motifs is 1. The molecule has 0 aliphatic rings. The summed E-state index contributed by atoms with van der Waals surface area (Å²) in [7, 11) is 0. The zero-order valence-corrected chi connectivity index (χ0v) is 11.6. The highest BCUT2D eigenvalue weighted by Crippen LogP contribution is 2.28. The Balaban J connectivity index is 2.07. The first-order valence-corrected chi connectivity index (χ1v) is 7.33. The number of hydrogen-bond acceptors (Lipinski definition) is 2. The standard InChI is InChI=1S/C14H13ClN2S/c1-2-17-6-5-10-7-11(3-4-13(10)17)14-16-12(8-15)9-18-14/h3-7,9H,2,8H2,1H3. The van der Waals surface area contributed by atoms with Gasteiger partial charge in [-0.1, -0.05) is 0 Å². The van der Waals surface area contributed by atoms with Crippen molar-refractivity contribution in [2.75, 3.05) is 0 Å². The Morgan fingerprint density at radius 1 is 1.33 bits per heavy atom. The third-order valence-corrected chi connectivity index (χ3v) is 4.26. The quantitative estimate of drug-likeness (QED) is 0.643. The molecule has 18 heavy (non-hydrogen) atoms. The first-order valence-electron chi connectivity index (χ1n) is 5.91. The van der Waals surface area contributed by atoms with Gasteiger partial charge in [0.25, 0.3) is 0 Å². The highest BCUT2D eigenvalue weighted by Gasteiger charge is 2.06. The van der Waals surface area contributed by atoms with Crippen molar-refractivity contribution in [2.45, 2.75) is 19.3 Å². The van der Waals surface area contributed by atoms with E-state index in [1.807, 2.05) is 5.38 Å². The third-order valence-electron chi connectivity index (χ3n) is 3.05. The Hall–Kier alpha value is -1.32. The summed E-state index contributed by atoms with van der Waals surface area (Å²) in [6.45, 7) is 3.15. The zero-order chi connectivity index (χ0) is 12.5. The fourth-order valence-electron chi connectivity index (χ4n) is 2.11. The number of aromatic nitrogens is 2. The van der Waals surface area contributed by atoms with Gasteiger partial charge in [-0.05, 0) is 31.2 Å². The molecular formula is C14H13ClN2S. The van der Waals surface area contributed by atoms with E-state index < -0.39 is 0 Å². The van der Waals surface area contributed by atoms with E-state index in [9.17, 15) is 0 Å². The molecule has 0 bridgehead atoms. The number of halogens is 1. The highest BCUT2D eigenvalue weighted by molar-refractivity contribution is 7.13. The molecule has 0 aliphatic heterocycles. The van der Waals surface area contributed by atoms with Crippen LogP contribution in [0.3, 0.4) is 0 Å². The van der Waals surface area contributed by atoms with Crippen LogP contribution in [0.4, 0.5) is 0 Å². The Labute approximate surface area is 115 Å². The molecule has 3 rings (SSSR count). The van der Waals surface area contributed by atoms with Crippen molar-refractivity contribution in [1.29, 1.82) is 0 Å². The van der Waals surface area contributed by atoms with Crippen molar-refractivity contribution < 1.29 is 0 Å². The van der Waals surface area contributed by atoms with Crippen LogP contribution in [-0.4, -0.2) is 9.55 Å². The van der Waals surface area contributed by atoms with E-state index >= 15 is 0 Å². The van der Waals surface area contributed by atoms with Gasteiger partial charge in [0.15, 0.2) is 0 Å². The maximum Gasteiger partial charge on any atom is 0.123 e. The lowest BCUT2D eigenvalue weighted by Crippen LogP contribution is -1.90. The molecule has 0 N–H and O–H groups in total. The van der Waals surface area contributed by atoms with E-state index in [0.29, 0.717) is 5.88 Å². The first kappa shape index (κ1) is 11.8. The summed E-state index contributed by atoms with van der Waals surface area (Å²) in [5, 5.41) is 4.32. The van der Waals surface area contributed by atoms with Gasteiger partial charge < -0.3 is 4.57 Å². The molecule has 3 aromatic rings. The predicted octanol–water partition coefficient (Wildman–Crippen LogP) is 4.52. The van der Waals surface area contributed by atoms with Crippen LogP contribution in [0.2, 0.25) is 0 Å². The Bertz CT molecular complexity index is 684. The molecule has 0 aliphatic carbocycles. The SMILES string of the molecule is CCn1ccc2cc(-c3nc(CCl)cs3)ccc21. The van der Waals surface area contributed by atoms with Gasteiger partial charge in [0.05, 0.1) is 11.6 Å². The van der Waals surface area contributed by atoms with Crippen LogP contribution in [0.25, 0.3) is 21.5 Å². The summed E-state index contributed by atoms with van der Waals surface area (Å²) in [5.41, 5.74) is 3.39. The third kappa shape index (κ3) is 1.93. The van der Waals surface area contributed by atoms with Crippen LogP contribution >= 0.6 is 22.9 Å². The number of alkyl halides is 1. The van der Waals surface area contributed by atoms with E-state index in [2.05, 4.69) is 46.9 Å². The fourth-order valence-corrected chi connectivity index (χ4v) is 3.15. The molecule has 0 saturated carbocycles. The van der Waals surface area contributed by atoms with Crippen molar-refractivity contribution in [3.8, 4) is 10.6 Å². The van der Waals surface area contributed by atoms with Crippen molar-refractivity contribution in [1.82, 2.24) is 9.55 Å². The van der Waals surface area contributed by atoms with Crippen molar-refractivity contribution in [2.24, 2.45) is 0 Å². The van der Waals surface area contributed by atoms with Gasteiger partial charge in [0, 0.05) is 34.6 Å². The topological polar surface area (TPSA) is 17.8 Å². The molecule has 2 nitrogen and oxygen atoms in total. The lowest BCUT2D eigenvalue weighted by Gasteiger charge is -2.01. The van der Waals surface area contributed by atoms with Gasteiger partial charge >= 0.3 is 0 Å². The second-order valence-electron chi connectivity index (χ2n) is 4.15. The highest BCUT2D eigenvalue weighted by atomic mass is 35.5. The molecule has 0 spiro atoms. The predicted molar refractivity (Wildman–Crippen MR) is 78.3 cm³/mol. The van der Waals surface area contributed by atoms with Crippen LogP contribution in [0.1, 0.15) is 12.6 Å². The van der Waals surface area contributed by atoms with Crippen LogP contribution in [0, 0.1) is 0 Å². The molecule has 0 atom stereocenters. The van der Waals surface area contributed by atoms with Gasteiger partial charge in [-0.3, -0.25) is 0 Å². The van der Waals surface area contributed by atoms with Crippen LogP contribution in [0.5, 0.6) is 0 Å². The molecule has 2 heterocycles. The first-order chi connectivity index (χ1) is 8.81. The van der Waals surface area contributed by atoms with E-state index in [0.717, 1.165) is 22.8 Å². The fraction of sp³-hybridized carbons (Fsp3) is 0.214. The molecule has 0 saturated heterocycles. The summed E-state index contributed by atoms with van der Waals surface area (Å²) in [6, 6.07) is 8.64. The van der Waals surface area contributed by atoms with E-state index in [1.54, 1.807) is 11.3 Å². The average Bonchev–Trinajstić information content (AvgIpc) is 3.04. The Kier molecular flexibility index (Phi) is 3.10. The molecule has 0 radical (unpaired) electrons. The van der Waals surface area contributed by atoms with Gasteiger partial charge in [-0.15, -0.1) is 22.9 Å². The smallest absolute Gasteiger partial charge is 0.123 e. The summed E-state index contributed by atoms with van der Waals surface area (Å²) >= 11 is 7.43. The number of rotatable bonds is 3. The van der Waals surface area contributed by atoms with E-state index in [1.165, 1.54) is 10.9 Å². The molecular weight excluding hydrogens is 264 g/mol. The number of aryl methyl sites for hydroxylation is 1. The summed E-state index contributed by atoms with van der Waals surface area (Å²) < 4.78 is 2.24. The molecule has 0 unspecified atom stereocenters. The van der Waals surface area contributed by atoms with Gasteiger partial charge in [0.1, 0.15) is 5.01 Å². The molecule has 0 amide bonds. The average molecular weight is 277 g/mol.